The van der Waals surface area contributed by atoms with Crippen LogP contribution < -0.4 is 5.32 Å². The third-order valence-electron chi connectivity index (χ3n) is 4.99. The molecule has 1 aliphatic heterocycles. The van der Waals surface area contributed by atoms with Gasteiger partial charge in [0, 0.05) is 25.7 Å². The Kier molecular flexibility index (Phi) is 4.95. The number of fused-ring (bicyclic) bond motifs is 1. The molecule has 2 fully saturated rings. The average molecular weight is 282 g/mol. The van der Waals surface area contributed by atoms with E-state index in [0.29, 0.717) is 6.04 Å². The number of hydrogen-bond donors (Lipinski definition) is 1. The largest absolute Gasteiger partial charge is 0.379 e. The van der Waals surface area contributed by atoms with E-state index in [1.165, 1.54) is 32.1 Å². The number of carbonyl (C=O) groups excluding carboxylic acids is 1. The number of methoxy groups -OCH3 is 1. The fourth-order valence-electron chi connectivity index (χ4n) is 3.82. The summed E-state index contributed by atoms with van der Waals surface area (Å²) in [5.74, 6) is 0.750. The van der Waals surface area contributed by atoms with Crippen LogP contribution in [0.2, 0.25) is 0 Å². The lowest BCUT2D eigenvalue weighted by atomic mass is 9.85. The molecule has 4 nitrogen and oxygen atoms in total. The number of ether oxygens (including phenoxy) is 1. The van der Waals surface area contributed by atoms with Crippen LogP contribution in [0, 0.1) is 5.92 Å². The molecule has 1 aliphatic carbocycles. The summed E-state index contributed by atoms with van der Waals surface area (Å²) in [4.78, 5) is 14.5. The molecule has 2 rings (SSSR count). The number of nitrogens with one attached hydrogen (secondary N) is 1. The van der Waals surface area contributed by atoms with E-state index in [0.717, 1.165) is 18.9 Å². The first-order valence-corrected chi connectivity index (χ1v) is 8.05. The van der Waals surface area contributed by atoms with Gasteiger partial charge in [0.15, 0.2) is 0 Å². The molecule has 0 unspecified atom stereocenters. The SMILES string of the molecule is COC(C)(C)C[C@H](C)NC(=O)N1CC[C@H]2CCCC[C@H]21. The Morgan fingerprint density at radius 2 is 2.05 bits per heavy atom. The maximum atomic E-state index is 12.5. The van der Waals surface area contributed by atoms with E-state index in [1.54, 1.807) is 7.11 Å². The highest BCUT2D eigenvalue weighted by Gasteiger charge is 2.38. The van der Waals surface area contributed by atoms with Crippen LogP contribution in [-0.2, 0) is 4.74 Å². The second-order valence-electron chi connectivity index (χ2n) is 7.11. The zero-order valence-electron chi connectivity index (χ0n) is 13.4. The topological polar surface area (TPSA) is 41.6 Å². The summed E-state index contributed by atoms with van der Waals surface area (Å²) in [7, 11) is 1.72. The van der Waals surface area contributed by atoms with Gasteiger partial charge < -0.3 is 15.0 Å². The number of hydrogen-bond acceptors (Lipinski definition) is 2. The van der Waals surface area contributed by atoms with Crippen LogP contribution in [0.15, 0.2) is 0 Å². The average Bonchev–Trinajstić information content (AvgIpc) is 2.81. The van der Waals surface area contributed by atoms with Crippen LogP contribution in [0.25, 0.3) is 0 Å². The lowest BCUT2D eigenvalue weighted by Gasteiger charge is -2.33. The van der Waals surface area contributed by atoms with Crippen molar-refractivity contribution in [3.63, 3.8) is 0 Å². The van der Waals surface area contributed by atoms with E-state index in [1.807, 2.05) is 0 Å². The van der Waals surface area contributed by atoms with E-state index in [4.69, 9.17) is 4.74 Å². The van der Waals surface area contributed by atoms with Gasteiger partial charge in [-0.25, -0.2) is 4.79 Å². The molecule has 20 heavy (non-hydrogen) atoms. The van der Waals surface area contributed by atoms with E-state index in [9.17, 15) is 4.79 Å². The fraction of sp³-hybridized carbons (Fsp3) is 0.938. The maximum Gasteiger partial charge on any atom is 0.317 e. The molecule has 2 aliphatic rings. The van der Waals surface area contributed by atoms with Crippen molar-refractivity contribution >= 4 is 6.03 Å². The van der Waals surface area contributed by atoms with Crippen LogP contribution in [0.1, 0.15) is 59.3 Å². The molecule has 1 saturated heterocycles. The van der Waals surface area contributed by atoms with Gasteiger partial charge in [-0.2, -0.15) is 0 Å². The Hall–Kier alpha value is -0.770. The highest BCUT2D eigenvalue weighted by atomic mass is 16.5. The summed E-state index contributed by atoms with van der Waals surface area (Å²) in [6.45, 7) is 7.11. The minimum Gasteiger partial charge on any atom is -0.379 e. The van der Waals surface area contributed by atoms with E-state index in [2.05, 4.69) is 31.0 Å². The zero-order chi connectivity index (χ0) is 14.8. The molecular formula is C16H30N2O2. The first kappa shape index (κ1) is 15.6. The van der Waals surface area contributed by atoms with Crippen molar-refractivity contribution in [3.05, 3.63) is 0 Å². The lowest BCUT2D eigenvalue weighted by Crippen LogP contribution is -2.49. The van der Waals surface area contributed by atoms with Crippen LogP contribution in [0.4, 0.5) is 4.79 Å². The Bertz CT molecular complexity index is 343. The molecule has 116 valence electrons. The Morgan fingerprint density at radius 1 is 1.35 bits per heavy atom. The number of carbonyl (C=O) groups is 1. The normalized spacial score (nSPS) is 28.1. The third-order valence-corrected chi connectivity index (χ3v) is 4.99. The van der Waals surface area contributed by atoms with Crippen molar-refractivity contribution in [1.29, 1.82) is 0 Å². The molecule has 3 atom stereocenters. The number of nitrogens with zero attached hydrogens (tertiary/aromatic N) is 1. The van der Waals surface area contributed by atoms with E-state index in [-0.39, 0.29) is 17.7 Å². The predicted octanol–water partition coefficient (Wildman–Crippen LogP) is 3.16. The highest BCUT2D eigenvalue weighted by molar-refractivity contribution is 5.75. The molecule has 1 saturated carbocycles. The Balaban J connectivity index is 1.85. The molecule has 4 heteroatoms. The van der Waals surface area contributed by atoms with Crippen molar-refractivity contribution in [2.75, 3.05) is 13.7 Å². The molecule has 1 heterocycles. The Morgan fingerprint density at radius 3 is 2.75 bits per heavy atom. The third kappa shape index (κ3) is 3.66. The van der Waals surface area contributed by atoms with Crippen LogP contribution in [-0.4, -0.2) is 42.3 Å². The van der Waals surface area contributed by atoms with Crippen molar-refractivity contribution in [3.8, 4) is 0 Å². The van der Waals surface area contributed by atoms with Crippen LogP contribution in [0.5, 0.6) is 0 Å². The van der Waals surface area contributed by atoms with Crippen molar-refractivity contribution in [1.82, 2.24) is 10.2 Å². The smallest absolute Gasteiger partial charge is 0.317 e. The summed E-state index contributed by atoms with van der Waals surface area (Å²) < 4.78 is 5.44. The molecular weight excluding hydrogens is 252 g/mol. The molecule has 0 aromatic carbocycles. The summed E-state index contributed by atoms with van der Waals surface area (Å²) >= 11 is 0. The van der Waals surface area contributed by atoms with Crippen molar-refractivity contribution in [2.45, 2.75) is 77.0 Å². The summed E-state index contributed by atoms with van der Waals surface area (Å²) in [5, 5.41) is 3.15. The van der Waals surface area contributed by atoms with Gasteiger partial charge in [0.25, 0.3) is 0 Å². The molecule has 2 amide bonds. The quantitative estimate of drug-likeness (QED) is 0.860. The van der Waals surface area contributed by atoms with Crippen LogP contribution in [0.3, 0.4) is 0 Å². The number of likely N-dealkylation sites (tertiary alicyclic amines) is 1. The monoisotopic (exact) mass is 282 g/mol. The second kappa shape index (κ2) is 6.33. The first-order valence-electron chi connectivity index (χ1n) is 8.05. The van der Waals surface area contributed by atoms with Gasteiger partial charge in [0.1, 0.15) is 0 Å². The van der Waals surface area contributed by atoms with Gasteiger partial charge in [0.2, 0.25) is 0 Å². The molecule has 0 aromatic rings. The summed E-state index contributed by atoms with van der Waals surface area (Å²) in [6, 6.07) is 0.755. The molecule has 0 radical (unpaired) electrons. The fourth-order valence-corrected chi connectivity index (χ4v) is 3.82. The van der Waals surface area contributed by atoms with Gasteiger partial charge >= 0.3 is 6.03 Å². The highest BCUT2D eigenvalue weighted by Crippen LogP contribution is 2.36. The van der Waals surface area contributed by atoms with E-state index >= 15 is 0 Å². The number of rotatable bonds is 4. The number of urea groups is 1. The van der Waals surface area contributed by atoms with Gasteiger partial charge in [-0.3, -0.25) is 0 Å². The summed E-state index contributed by atoms with van der Waals surface area (Å²) in [6.07, 6.45) is 7.14. The standard InChI is InChI=1S/C16H30N2O2/c1-12(11-16(2,3)20-4)17-15(19)18-10-9-13-7-5-6-8-14(13)18/h12-14H,5-11H2,1-4H3,(H,17,19)/t12-,13+,14+/m0/s1. The lowest BCUT2D eigenvalue weighted by molar-refractivity contribution is 0.00904. The molecule has 1 N–H and O–H groups in total. The van der Waals surface area contributed by atoms with Crippen molar-refractivity contribution < 1.29 is 9.53 Å². The minimum absolute atomic E-state index is 0.124. The molecule has 0 aromatic heterocycles. The van der Waals surface area contributed by atoms with E-state index < -0.39 is 0 Å². The first-order chi connectivity index (χ1) is 9.43. The zero-order valence-corrected chi connectivity index (χ0v) is 13.4. The second-order valence-corrected chi connectivity index (χ2v) is 7.11. The van der Waals surface area contributed by atoms with Crippen LogP contribution >= 0.6 is 0 Å². The van der Waals surface area contributed by atoms with Crippen molar-refractivity contribution in [2.24, 2.45) is 5.92 Å². The molecule has 0 bridgehead atoms. The molecule has 0 spiro atoms. The van der Waals surface area contributed by atoms with Gasteiger partial charge in [0.05, 0.1) is 5.60 Å². The van der Waals surface area contributed by atoms with Gasteiger partial charge in [-0.1, -0.05) is 12.8 Å². The maximum absolute atomic E-state index is 12.5. The van der Waals surface area contributed by atoms with Gasteiger partial charge in [-0.05, 0) is 52.4 Å². The predicted molar refractivity (Wildman–Crippen MR) is 80.8 cm³/mol. The van der Waals surface area contributed by atoms with Gasteiger partial charge in [-0.15, -0.1) is 0 Å². The summed E-state index contributed by atoms with van der Waals surface area (Å²) in [5.41, 5.74) is -0.189. The number of amides is 2. The Labute approximate surface area is 123 Å². The minimum atomic E-state index is -0.189.